The largest absolute Gasteiger partial charge is 0.493 e. The number of hydrogen-bond acceptors (Lipinski definition) is 6. The molecule has 0 bridgehead atoms. The maximum Gasteiger partial charge on any atom is 0.328 e. The zero-order chi connectivity index (χ0) is 21.5. The van der Waals surface area contributed by atoms with E-state index >= 15 is 0 Å². The highest BCUT2D eigenvalue weighted by molar-refractivity contribution is 5.69. The number of nitrogens with one attached hydrogen (secondary N) is 1. The van der Waals surface area contributed by atoms with Crippen molar-refractivity contribution < 1.29 is 24.1 Å². The summed E-state index contributed by atoms with van der Waals surface area (Å²) < 4.78 is 18.1. The molecule has 0 atom stereocenters. The van der Waals surface area contributed by atoms with Crippen LogP contribution in [0.15, 0.2) is 4.79 Å². The number of aromatic hydroxyl groups is 1. The van der Waals surface area contributed by atoms with Crippen molar-refractivity contribution in [3.8, 4) is 5.88 Å². The Labute approximate surface area is 173 Å². The van der Waals surface area contributed by atoms with Gasteiger partial charge in [0, 0.05) is 13.0 Å². The van der Waals surface area contributed by atoms with Crippen molar-refractivity contribution in [1.82, 2.24) is 9.55 Å². The van der Waals surface area contributed by atoms with E-state index in [0.29, 0.717) is 38.5 Å². The number of unbranched alkanes of at least 4 members (excludes halogenated alkanes) is 5. The van der Waals surface area contributed by atoms with Crippen LogP contribution in [0.4, 0.5) is 0 Å². The monoisotopic (exact) mass is 414 g/mol. The van der Waals surface area contributed by atoms with Crippen LogP contribution in [0.2, 0.25) is 0 Å². The first-order valence-electron chi connectivity index (χ1n) is 11.0. The second-order valence-electron chi connectivity index (χ2n) is 7.07. The van der Waals surface area contributed by atoms with E-state index in [9.17, 15) is 14.7 Å². The van der Waals surface area contributed by atoms with E-state index in [0.717, 1.165) is 51.4 Å². The van der Waals surface area contributed by atoms with Crippen LogP contribution in [0, 0.1) is 0 Å². The molecule has 0 unspecified atom stereocenters. The number of ether oxygens (including phenoxy) is 3. The number of esters is 1. The molecule has 1 heterocycles. The number of carbonyl (C=O) groups is 1. The van der Waals surface area contributed by atoms with Crippen molar-refractivity contribution in [1.29, 1.82) is 0 Å². The molecule has 2 N–H and O–H groups in total. The normalized spacial score (nSPS) is 11.3. The van der Waals surface area contributed by atoms with E-state index in [2.05, 4.69) is 18.8 Å². The molecule has 0 aromatic carbocycles. The molecule has 29 heavy (non-hydrogen) atoms. The average molecular weight is 415 g/mol. The molecule has 168 valence electrons. The SMILES string of the molecule is CCCCOC(OCCCC)c1c(O)[nH]c(=O)n1CCCCCCC(=O)OCC. The van der Waals surface area contributed by atoms with E-state index in [-0.39, 0.29) is 17.5 Å². The van der Waals surface area contributed by atoms with Gasteiger partial charge in [-0.3, -0.25) is 14.3 Å². The van der Waals surface area contributed by atoms with Crippen molar-refractivity contribution >= 4 is 5.97 Å². The third-order valence-electron chi connectivity index (χ3n) is 4.58. The van der Waals surface area contributed by atoms with Crippen molar-refractivity contribution in [2.24, 2.45) is 0 Å². The van der Waals surface area contributed by atoms with Crippen molar-refractivity contribution in [3.05, 3.63) is 16.2 Å². The van der Waals surface area contributed by atoms with Crippen LogP contribution in [-0.4, -0.2) is 40.4 Å². The average Bonchev–Trinajstić information content (AvgIpc) is 2.97. The van der Waals surface area contributed by atoms with Gasteiger partial charge in [0.15, 0.2) is 0 Å². The number of carbonyl (C=O) groups excluding carboxylic acids is 1. The van der Waals surface area contributed by atoms with Crippen molar-refractivity contribution in [3.63, 3.8) is 0 Å². The summed E-state index contributed by atoms with van der Waals surface area (Å²) in [4.78, 5) is 26.1. The number of aromatic amines is 1. The molecule has 0 aliphatic carbocycles. The summed E-state index contributed by atoms with van der Waals surface area (Å²) in [7, 11) is 0. The van der Waals surface area contributed by atoms with Gasteiger partial charge < -0.3 is 19.3 Å². The Morgan fingerprint density at radius 2 is 1.62 bits per heavy atom. The first kappa shape index (κ1) is 25.2. The van der Waals surface area contributed by atoms with E-state index < -0.39 is 6.29 Å². The summed E-state index contributed by atoms with van der Waals surface area (Å²) in [6, 6.07) is 0. The van der Waals surface area contributed by atoms with Crippen LogP contribution < -0.4 is 5.69 Å². The van der Waals surface area contributed by atoms with Crippen LogP contribution in [0.1, 0.15) is 90.5 Å². The lowest BCUT2D eigenvalue weighted by Crippen LogP contribution is -2.23. The van der Waals surface area contributed by atoms with Gasteiger partial charge in [-0.2, -0.15) is 0 Å². The molecule has 1 aromatic heterocycles. The van der Waals surface area contributed by atoms with Crippen molar-refractivity contribution in [2.75, 3.05) is 19.8 Å². The Balaban J connectivity index is 2.65. The Kier molecular flexibility index (Phi) is 13.1. The van der Waals surface area contributed by atoms with Gasteiger partial charge in [-0.15, -0.1) is 0 Å². The minimum Gasteiger partial charge on any atom is -0.493 e. The Morgan fingerprint density at radius 3 is 2.21 bits per heavy atom. The van der Waals surface area contributed by atoms with E-state index in [1.807, 2.05) is 0 Å². The number of rotatable bonds is 17. The standard InChI is InChI=1S/C21H38N2O6/c1-4-7-15-28-20(29-16-8-5-2)18-19(25)22-21(26)23(18)14-12-10-9-11-13-17(24)27-6-3/h20,25H,4-16H2,1-3H3,(H,22,26). The lowest BCUT2D eigenvalue weighted by molar-refractivity contribution is -0.152. The van der Waals surface area contributed by atoms with Gasteiger partial charge >= 0.3 is 11.7 Å². The quantitative estimate of drug-likeness (QED) is 0.227. The van der Waals surface area contributed by atoms with Crippen LogP contribution in [0.5, 0.6) is 5.88 Å². The van der Waals surface area contributed by atoms with Gasteiger partial charge in [0.05, 0.1) is 19.8 Å². The van der Waals surface area contributed by atoms with Gasteiger partial charge in [-0.05, 0) is 32.6 Å². The Morgan fingerprint density at radius 1 is 1.00 bits per heavy atom. The maximum atomic E-state index is 12.3. The lowest BCUT2D eigenvalue weighted by atomic mass is 10.1. The second kappa shape index (κ2) is 15.1. The number of hydrogen-bond donors (Lipinski definition) is 2. The summed E-state index contributed by atoms with van der Waals surface area (Å²) in [6.45, 7) is 7.80. The van der Waals surface area contributed by atoms with Crippen LogP contribution in [0.3, 0.4) is 0 Å². The third kappa shape index (κ3) is 9.49. The fourth-order valence-corrected chi connectivity index (χ4v) is 2.93. The molecule has 0 saturated carbocycles. The highest BCUT2D eigenvalue weighted by atomic mass is 16.7. The highest BCUT2D eigenvalue weighted by Gasteiger charge is 2.24. The number of imidazole rings is 1. The minimum atomic E-state index is -0.768. The first-order valence-corrected chi connectivity index (χ1v) is 11.0. The van der Waals surface area contributed by atoms with E-state index in [1.165, 1.54) is 4.57 Å². The molecule has 8 heteroatoms. The molecule has 0 saturated heterocycles. The van der Waals surface area contributed by atoms with Crippen LogP contribution in [-0.2, 0) is 25.5 Å². The zero-order valence-corrected chi connectivity index (χ0v) is 18.2. The molecule has 0 aliphatic heterocycles. The molecule has 0 aliphatic rings. The lowest BCUT2D eigenvalue weighted by Gasteiger charge is -2.20. The molecule has 0 radical (unpaired) electrons. The summed E-state index contributed by atoms with van der Waals surface area (Å²) >= 11 is 0. The number of aromatic nitrogens is 2. The van der Waals surface area contributed by atoms with Gasteiger partial charge in [0.1, 0.15) is 5.69 Å². The van der Waals surface area contributed by atoms with Gasteiger partial charge in [-0.1, -0.05) is 39.5 Å². The summed E-state index contributed by atoms with van der Waals surface area (Å²) in [5.74, 6) is -0.367. The topological polar surface area (TPSA) is 103 Å². The molecule has 1 aromatic rings. The molecule has 0 fully saturated rings. The Bertz CT molecular complexity index is 615. The van der Waals surface area contributed by atoms with Gasteiger partial charge in [0.25, 0.3) is 0 Å². The molecule has 1 rings (SSSR count). The minimum absolute atomic E-state index is 0.169. The third-order valence-corrected chi connectivity index (χ3v) is 4.58. The van der Waals surface area contributed by atoms with Gasteiger partial charge in [-0.25, -0.2) is 4.79 Å². The Hall–Kier alpha value is -1.80. The fourth-order valence-electron chi connectivity index (χ4n) is 2.93. The number of H-pyrrole nitrogens is 1. The molecular weight excluding hydrogens is 376 g/mol. The number of nitrogens with zero attached hydrogens (tertiary/aromatic N) is 1. The predicted molar refractivity (Wildman–Crippen MR) is 111 cm³/mol. The summed E-state index contributed by atoms with van der Waals surface area (Å²) in [5, 5.41) is 10.3. The fraction of sp³-hybridized carbons (Fsp3) is 0.810. The smallest absolute Gasteiger partial charge is 0.328 e. The second-order valence-corrected chi connectivity index (χ2v) is 7.07. The van der Waals surface area contributed by atoms with E-state index in [4.69, 9.17) is 14.2 Å². The summed E-state index contributed by atoms with van der Waals surface area (Å²) in [5.41, 5.74) is -0.0130. The summed E-state index contributed by atoms with van der Waals surface area (Å²) in [6.07, 6.45) is 6.65. The molecule has 0 spiro atoms. The first-order chi connectivity index (χ1) is 14.0. The molecule has 8 nitrogen and oxygen atoms in total. The molecular formula is C21H38N2O6. The zero-order valence-electron chi connectivity index (χ0n) is 18.2. The molecule has 0 amide bonds. The van der Waals surface area contributed by atoms with Crippen LogP contribution in [0.25, 0.3) is 0 Å². The van der Waals surface area contributed by atoms with Gasteiger partial charge in [0.2, 0.25) is 12.2 Å². The highest BCUT2D eigenvalue weighted by Crippen LogP contribution is 2.26. The van der Waals surface area contributed by atoms with Crippen LogP contribution >= 0.6 is 0 Å². The predicted octanol–water partition coefficient (Wildman–Crippen LogP) is 4.03. The van der Waals surface area contributed by atoms with Crippen molar-refractivity contribution in [2.45, 2.75) is 91.4 Å². The van der Waals surface area contributed by atoms with E-state index in [1.54, 1.807) is 6.92 Å². The maximum absolute atomic E-state index is 12.3.